The largest absolute Gasteiger partial charge is 0.348 e. The number of amides is 2. The van der Waals surface area contributed by atoms with Crippen LogP contribution in [0, 0.1) is 5.82 Å². The van der Waals surface area contributed by atoms with E-state index in [1.807, 2.05) is 0 Å². The first kappa shape index (κ1) is 20.8. The molecule has 3 aromatic rings. The number of aromatic nitrogens is 2. The van der Waals surface area contributed by atoms with Gasteiger partial charge >= 0.3 is 0 Å². The maximum absolute atomic E-state index is 13.0. The Morgan fingerprint density at radius 1 is 0.967 bits per heavy atom. The van der Waals surface area contributed by atoms with E-state index in [0.29, 0.717) is 16.8 Å². The lowest BCUT2D eigenvalue weighted by Crippen LogP contribution is -2.28. The molecule has 0 fully saturated rings. The summed E-state index contributed by atoms with van der Waals surface area (Å²) in [7, 11) is 0. The van der Waals surface area contributed by atoms with Crippen LogP contribution in [0.3, 0.4) is 0 Å². The number of ketones is 1. The second-order valence-electron chi connectivity index (χ2n) is 6.33. The highest BCUT2D eigenvalue weighted by Crippen LogP contribution is 2.14. The van der Waals surface area contributed by atoms with Crippen LogP contribution < -0.4 is 10.6 Å². The van der Waals surface area contributed by atoms with E-state index in [2.05, 4.69) is 20.6 Å². The molecule has 0 spiro atoms. The molecule has 2 amide bonds. The topological polar surface area (TPSA) is 104 Å². The standard InChI is InChI=1S/C21H18F2N4O3/c22-9-10-24-20(29)18-19(26-12-25-18)21(30)27-16-7-1-13(2-8-16)11-17(28)14-3-5-15(23)6-4-14/h1-8,12H,9-11H2,(H,24,29)(H,25,26)(H,27,30). The number of hydrogen-bond acceptors (Lipinski definition) is 4. The predicted molar refractivity (Wildman–Crippen MR) is 106 cm³/mol. The minimum absolute atomic E-state index is 0.0672. The molecule has 1 heterocycles. The van der Waals surface area contributed by atoms with Crippen LogP contribution in [0.5, 0.6) is 0 Å². The van der Waals surface area contributed by atoms with Gasteiger partial charge in [-0.1, -0.05) is 12.1 Å². The minimum atomic E-state index is -0.725. The molecule has 0 saturated carbocycles. The normalized spacial score (nSPS) is 10.5. The van der Waals surface area contributed by atoms with Gasteiger partial charge in [0, 0.05) is 24.2 Å². The molecule has 0 bridgehead atoms. The van der Waals surface area contributed by atoms with Gasteiger partial charge in [0.2, 0.25) is 0 Å². The first-order chi connectivity index (χ1) is 14.5. The number of nitrogens with zero attached hydrogens (tertiary/aromatic N) is 1. The fourth-order valence-electron chi connectivity index (χ4n) is 2.71. The molecule has 3 N–H and O–H groups in total. The number of rotatable bonds is 8. The van der Waals surface area contributed by atoms with Gasteiger partial charge < -0.3 is 15.6 Å². The van der Waals surface area contributed by atoms with Crippen molar-refractivity contribution in [1.29, 1.82) is 0 Å². The number of carbonyl (C=O) groups is 3. The van der Waals surface area contributed by atoms with Crippen molar-refractivity contribution in [3.63, 3.8) is 0 Å². The van der Waals surface area contributed by atoms with E-state index in [1.54, 1.807) is 24.3 Å². The number of nitrogens with one attached hydrogen (secondary N) is 3. The van der Waals surface area contributed by atoms with Crippen molar-refractivity contribution < 1.29 is 23.2 Å². The smallest absolute Gasteiger partial charge is 0.276 e. The van der Waals surface area contributed by atoms with Crippen LogP contribution >= 0.6 is 0 Å². The number of imidazole rings is 1. The highest BCUT2D eigenvalue weighted by molar-refractivity contribution is 6.10. The van der Waals surface area contributed by atoms with Gasteiger partial charge in [0.15, 0.2) is 11.5 Å². The molecule has 7 nitrogen and oxygen atoms in total. The number of Topliss-reactive ketones (excluding diaryl/α,β-unsaturated/α-hetero) is 1. The van der Waals surface area contributed by atoms with Crippen molar-refractivity contribution in [2.45, 2.75) is 6.42 Å². The maximum Gasteiger partial charge on any atom is 0.276 e. The van der Waals surface area contributed by atoms with Crippen molar-refractivity contribution in [3.05, 3.63) is 83.2 Å². The minimum Gasteiger partial charge on any atom is -0.348 e. The zero-order chi connectivity index (χ0) is 21.5. The number of carbonyl (C=O) groups excluding carboxylic acids is 3. The molecular formula is C21H18F2N4O3. The van der Waals surface area contributed by atoms with E-state index in [0.717, 1.165) is 0 Å². The third kappa shape index (κ3) is 5.13. The van der Waals surface area contributed by atoms with Crippen LogP contribution in [0.1, 0.15) is 36.9 Å². The Hall–Kier alpha value is -3.88. The number of anilines is 1. The van der Waals surface area contributed by atoms with Crippen LogP contribution in [-0.2, 0) is 6.42 Å². The Morgan fingerprint density at radius 3 is 2.33 bits per heavy atom. The van der Waals surface area contributed by atoms with Gasteiger partial charge in [0.25, 0.3) is 11.8 Å². The van der Waals surface area contributed by atoms with Gasteiger partial charge in [-0.15, -0.1) is 0 Å². The summed E-state index contributed by atoms with van der Waals surface area (Å²) in [6, 6.07) is 11.9. The van der Waals surface area contributed by atoms with Gasteiger partial charge in [-0.3, -0.25) is 14.4 Å². The zero-order valence-corrected chi connectivity index (χ0v) is 15.7. The summed E-state index contributed by atoms with van der Waals surface area (Å²) in [5, 5.41) is 4.93. The molecule has 0 aliphatic heterocycles. The van der Waals surface area contributed by atoms with Gasteiger partial charge in [-0.25, -0.2) is 13.8 Å². The third-order valence-corrected chi connectivity index (χ3v) is 4.20. The highest BCUT2D eigenvalue weighted by atomic mass is 19.1. The van der Waals surface area contributed by atoms with Crippen LogP contribution in [0.2, 0.25) is 0 Å². The van der Waals surface area contributed by atoms with Gasteiger partial charge in [-0.05, 0) is 42.0 Å². The second kappa shape index (κ2) is 9.55. The Morgan fingerprint density at radius 2 is 1.67 bits per heavy atom. The monoisotopic (exact) mass is 412 g/mol. The van der Waals surface area contributed by atoms with E-state index in [1.165, 1.54) is 30.6 Å². The van der Waals surface area contributed by atoms with E-state index in [4.69, 9.17) is 0 Å². The number of hydrogen-bond donors (Lipinski definition) is 3. The molecule has 0 radical (unpaired) electrons. The average Bonchev–Trinajstić information content (AvgIpc) is 3.24. The first-order valence-corrected chi connectivity index (χ1v) is 9.04. The van der Waals surface area contributed by atoms with Crippen molar-refractivity contribution in [1.82, 2.24) is 15.3 Å². The van der Waals surface area contributed by atoms with Crippen molar-refractivity contribution >= 4 is 23.3 Å². The first-order valence-electron chi connectivity index (χ1n) is 9.04. The predicted octanol–water partition coefficient (Wildman–Crippen LogP) is 2.93. The van der Waals surface area contributed by atoms with E-state index < -0.39 is 24.3 Å². The molecular weight excluding hydrogens is 394 g/mol. The van der Waals surface area contributed by atoms with Crippen LogP contribution in [0.4, 0.5) is 14.5 Å². The second-order valence-corrected chi connectivity index (χ2v) is 6.33. The summed E-state index contributed by atoms with van der Waals surface area (Å²) in [5.74, 6) is -1.82. The summed E-state index contributed by atoms with van der Waals surface area (Å²) in [6.07, 6.45) is 1.32. The Kier molecular flexibility index (Phi) is 6.63. The zero-order valence-electron chi connectivity index (χ0n) is 15.7. The molecule has 0 aliphatic carbocycles. The third-order valence-electron chi connectivity index (χ3n) is 4.20. The van der Waals surface area contributed by atoms with Crippen molar-refractivity contribution in [3.8, 4) is 0 Å². The van der Waals surface area contributed by atoms with Crippen LogP contribution in [-0.4, -0.2) is 40.8 Å². The van der Waals surface area contributed by atoms with E-state index in [9.17, 15) is 23.2 Å². The lowest BCUT2D eigenvalue weighted by molar-refractivity contribution is 0.0932. The Balaban J connectivity index is 1.63. The summed E-state index contributed by atoms with van der Waals surface area (Å²) in [6.45, 7) is -0.894. The molecule has 2 aromatic carbocycles. The molecule has 0 saturated heterocycles. The number of aromatic amines is 1. The SMILES string of the molecule is O=C(Cc1ccc(NC(=O)c2nc[nH]c2C(=O)NCCF)cc1)c1ccc(F)cc1. The molecule has 0 atom stereocenters. The fraction of sp³-hybridized carbons (Fsp3) is 0.143. The lowest BCUT2D eigenvalue weighted by Gasteiger charge is -2.07. The molecule has 9 heteroatoms. The molecule has 30 heavy (non-hydrogen) atoms. The van der Waals surface area contributed by atoms with E-state index >= 15 is 0 Å². The van der Waals surface area contributed by atoms with Crippen molar-refractivity contribution in [2.75, 3.05) is 18.5 Å². The van der Waals surface area contributed by atoms with Crippen molar-refractivity contribution in [2.24, 2.45) is 0 Å². The average molecular weight is 412 g/mol. The lowest BCUT2D eigenvalue weighted by atomic mass is 10.0. The van der Waals surface area contributed by atoms with Gasteiger partial charge in [-0.2, -0.15) is 0 Å². The maximum atomic E-state index is 13.0. The highest BCUT2D eigenvalue weighted by Gasteiger charge is 2.20. The summed E-state index contributed by atoms with van der Waals surface area (Å²) >= 11 is 0. The Bertz CT molecular complexity index is 1050. The molecule has 0 aliphatic rings. The summed E-state index contributed by atoms with van der Waals surface area (Å²) in [5.41, 5.74) is 1.37. The summed E-state index contributed by atoms with van der Waals surface area (Å²) in [4.78, 5) is 43.0. The molecule has 0 unspecified atom stereocenters. The van der Waals surface area contributed by atoms with Crippen LogP contribution in [0.25, 0.3) is 0 Å². The van der Waals surface area contributed by atoms with Gasteiger partial charge in [0.05, 0.1) is 6.33 Å². The number of halogens is 2. The number of H-pyrrole nitrogens is 1. The quantitative estimate of drug-likeness (QED) is 0.495. The number of alkyl halides is 1. The van der Waals surface area contributed by atoms with Crippen LogP contribution in [0.15, 0.2) is 54.9 Å². The van der Waals surface area contributed by atoms with Gasteiger partial charge in [0.1, 0.15) is 18.2 Å². The summed E-state index contributed by atoms with van der Waals surface area (Å²) < 4.78 is 25.2. The fourth-order valence-corrected chi connectivity index (χ4v) is 2.71. The number of benzene rings is 2. The Labute approximate surface area is 170 Å². The van der Waals surface area contributed by atoms with E-state index in [-0.39, 0.29) is 30.1 Å². The molecule has 154 valence electrons. The molecule has 3 rings (SSSR count). The molecule has 1 aromatic heterocycles.